The second-order valence-corrected chi connectivity index (χ2v) is 11.0. The number of ether oxygens (including phenoxy) is 1. The Morgan fingerprint density at radius 1 is 0.568 bits per heavy atom. The van der Waals surface area contributed by atoms with Crippen molar-refractivity contribution in [2.75, 3.05) is 0 Å². The maximum absolute atomic E-state index is 11.6. The topological polar surface area (TPSA) is 26.3 Å². The first kappa shape index (κ1) is 33.5. The molecule has 0 aromatic carbocycles. The molecule has 37 heavy (non-hydrogen) atoms. The summed E-state index contributed by atoms with van der Waals surface area (Å²) in [6, 6.07) is 0. The van der Waals surface area contributed by atoms with Crippen LogP contribution < -0.4 is 0 Å². The molecule has 2 nitrogen and oxygen atoms in total. The SMILES string of the molecule is CCCCCCCCCCCCC=CCCC=CCCC=CCCCCCCCCC1=CC(C)OC1=O. The lowest BCUT2D eigenvalue weighted by molar-refractivity contribution is -0.139. The molecular formula is C35H60O2. The van der Waals surface area contributed by atoms with Gasteiger partial charge in [-0.15, -0.1) is 0 Å². The molecule has 0 saturated carbocycles. The number of carbonyl (C=O) groups is 1. The van der Waals surface area contributed by atoms with Crippen molar-refractivity contribution in [3.05, 3.63) is 48.1 Å². The highest BCUT2D eigenvalue weighted by atomic mass is 16.5. The molecule has 0 aliphatic carbocycles. The number of hydrogen-bond donors (Lipinski definition) is 0. The number of rotatable bonds is 26. The second kappa shape index (κ2) is 26.1. The lowest BCUT2D eigenvalue weighted by atomic mass is 10.0. The van der Waals surface area contributed by atoms with E-state index in [1.54, 1.807) is 0 Å². The van der Waals surface area contributed by atoms with Gasteiger partial charge in [0.2, 0.25) is 0 Å². The zero-order valence-corrected chi connectivity index (χ0v) is 24.7. The van der Waals surface area contributed by atoms with Crippen LogP contribution in [0, 0.1) is 0 Å². The molecule has 1 aliphatic heterocycles. The van der Waals surface area contributed by atoms with Gasteiger partial charge in [-0.05, 0) is 77.2 Å². The van der Waals surface area contributed by atoms with Crippen LogP contribution in [0.5, 0.6) is 0 Å². The van der Waals surface area contributed by atoms with Gasteiger partial charge in [0.25, 0.3) is 0 Å². The van der Waals surface area contributed by atoms with Gasteiger partial charge in [0.1, 0.15) is 6.10 Å². The summed E-state index contributed by atoms with van der Waals surface area (Å²) >= 11 is 0. The molecular weight excluding hydrogens is 452 g/mol. The molecule has 0 radical (unpaired) electrons. The summed E-state index contributed by atoms with van der Waals surface area (Å²) < 4.78 is 5.14. The normalized spacial score (nSPS) is 16.0. The van der Waals surface area contributed by atoms with Gasteiger partial charge in [0.05, 0.1) is 0 Å². The van der Waals surface area contributed by atoms with Crippen molar-refractivity contribution < 1.29 is 9.53 Å². The Labute approximate surface area is 231 Å². The second-order valence-electron chi connectivity index (χ2n) is 11.0. The van der Waals surface area contributed by atoms with E-state index in [0.717, 1.165) is 18.4 Å². The third-order valence-electron chi connectivity index (χ3n) is 7.28. The Kier molecular flexibility index (Phi) is 23.6. The van der Waals surface area contributed by atoms with E-state index in [1.165, 1.54) is 135 Å². The number of hydrogen-bond acceptors (Lipinski definition) is 2. The van der Waals surface area contributed by atoms with Crippen LogP contribution in [0.1, 0.15) is 162 Å². The molecule has 0 aromatic heterocycles. The van der Waals surface area contributed by atoms with E-state index >= 15 is 0 Å². The predicted molar refractivity (Wildman–Crippen MR) is 163 cm³/mol. The van der Waals surface area contributed by atoms with E-state index in [9.17, 15) is 4.79 Å². The smallest absolute Gasteiger partial charge is 0.334 e. The van der Waals surface area contributed by atoms with Crippen LogP contribution >= 0.6 is 0 Å². The van der Waals surface area contributed by atoms with Crippen LogP contribution in [0.2, 0.25) is 0 Å². The van der Waals surface area contributed by atoms with Gasteiger partial charge in [-0.3, -0.25) is 0 Å². The number of cyclic esters (lactones) is 1. The summed E-state index contributed by atoms with van der Waals surface area (Å²) in [5, 5.41) is 0. The third kappa shape index (κ3) is 22.2. The average Bonchev–Trinajstić information content (AvgIpc) is 3.22. The lowest BCUT2D eigenvalue weighted by Gasteiger charge is -2.01. The molecule has 2 heteroatoms. The standard InChI is InChI=1S/C35H60O2/c1-3-4-5-6-7-8-9-10-11-12-13-14-15-16-17-18-19-20-21-22-23-24-25-26-27-28-29-30-31-34-32-33(2)37-35(34)36/h14-15,18-19,22-23,32-33H,3-13,16-17,20-21,24-31H2,1-2H3. The zero-order chi connectivity index (χ0) is 26.7. The van der Waals surface area contributed by atoms with Crippen LogP contribution in [0.25, 0.3) is 0 Å². The van der Waals surface area contributed by atoms with Crippen LogP contribution in [0.4, 0.5) is 0 Å². The maximum Gasteiger partial charge on any atom is 0.334 e. The highest BCUT2D eigenvalue weighted by Crippen LogP contribution is 2.20. The molecule has 0 aromatic rings. The van der Waals surface area contributed by atoms with Gasteiger partial charge >= 0.3 is 5.97 Å². The molecule has 1 atom stereocenters. The van der Waals surface area contributed by atoms with E-state index in [1.807, 2.05) is 13.0 Å². The average molecular weight is 513 g/mol. The van der Waals surface area contributed by atoms with Crippen LogP contribution in [-0.2, 0) is 9.53 Å². The van der Waals surface area contributed by atoms with Gasteiger partial charge in [-0.2, -0.15) is 0 Å². The lowest BCUT2D eigenvalue weighted by Crippen LogP contribution is -2.03. The van der Waals surface area contributed by atoms with Gasteiger partial charge < -0.3 is 4.74 Å². The molecule has 0 N–H and O–H groups in total. The quantitative estimate of drug-likeness (QED) is 0.0654. The number of carbonyl (C=O) groups excluding carboxylic acids is 1. The van der Waals surface area contributed by atoms with Gasteiger partial charge in [0.15, 0.2) is 0 Å². The Morgan fingerprint density at radius 2 is 0.946 bits per heavy atom. The van der Waals surface area contributed by atoms with Crippen molar-refractivity contribution >= 4 is 5.97 Å². The molecule has 0 spiro atoms. The molecule has 1 heterocycles. The van der Waals surface area contributed by atoms with Crippen LogP contribution in [0.15, 0.2) is 48.1 Å². The fraction of sp³-hybridized carbons (Fsp3) is 0.743. The number of allylic oxidation sites excluding steroid dienone is 6. The highest BCUT2D eigenvalue weighted by molar-refractivity contribution is 5.90. The summed E-state index contributed by atoms with van der Waals surface area (Å²) in [5.41, 5.74) is 0.888. The molecule has 0 fully saturated rings. The van der Waals surface area contributed by atoms with Crippen LogP contribution in [-0.4, -0.2) is 12.1 Å². The maximum atomic E-state index is 11.6. The molecule has 0 amide bonds. The Morgan fingerprint density at radius 3 is 1.35 bits per heavy atom. The first-order valence-electron chi connectivity index (χ1n) is 16.1. The van der Waals surface area contributed by atoms with E-state index in [2.05, 4.69) is 43.4 Å². The van der Waals surface area contributed by atoms with E-state index in [0.29, 0.717) is 0 Å². The van der Waals surface area contributed by atoms with Gasteiger partial charge in [0, 0.05) is 5.57 Å². The minimum atomic E-state index is -0.100. The third-order valence-corrected chi connectivity index (χ3v) is 7.28. The first-order chi connectivity index (χ1) is 18.2. The zero-order valence-electron chi connectivity index (χ0n) is 24.7. The van der Waals surface area contributed by atoms with Crippen LogP contribution in [0.3, 0.4) is 0 Å². The monoisotopic (exact) mass is 512 g/mol. The van der Waals surface area contributed by atoms with E-state index < -0.39 is 0 Å². The summed E-state index contributed by atoms with van der Waals surface area (Å²) in [5.74, 6) is -0.100. The van der Waals surface area contributed by atoms with Gasteiger partial charge in [-0.1, -0.05) is 127 Å². The molecule has 1 aliphatic rings. The highest BCUT2D eigenvalue weighted by Gasteiger charge is 2.21. The largest absolute Gasteiger partial charge is 0.455 e. The van der Waals surface area contributed by atoms with Crippen molar-refractivity contribution in [2.45, 2.75) is 168 Å². The molecule has 0 bridgehead atoms. The van der Waals surface area contributed by atoms with Crippen molar-refractivity contribution in [3.8, 4) is 0 Å². The summed E-state index contributed by atoms with van der Waals surface area (Å²) in [6.45, 7) is 4.22. The number of unbranched alkanes of at least 4 members (excludes halogenated alkanes) is 18. The Hall–Kier alpha value is -1.57. The van der Waals surface area contributed by atoms with Crippen molar-refractivity contribution in [3.63, 3.8) is 0 Å². The molecule has 0 saturated heterocycles. The van der Waals surface area contributed by atoms with E-state index in [4.69, 9.17) is 4.74 Å². The fourth-order valence-electron chi connectivity index (χ4n) is 4.94. The van der Waals surface area contributed by atoms with Crippen molar-refractivity contribution in [1.29, 1.82) is 0 Å². The minimum absolute atomic E-state index is 0.0252. The van der Waals surface area contributed by atoms with Crippen molar-refractivity contribution in [2.24, 2.45) is 0 Å². The summed E-state index contributed by atoms with van der Waals surface area (Å²) in [7, 11) is 0. The Balaban J connectivity index is 1.76. The van der Waals surface area contributed by atoms with E-state index in [-0.39, 0.29) is 12.1 Å². The minimum Gasteiger partial charge on any atom is -0.455 e. The molecule has 1 unspecified atom stereocenters. The molecule has 212 valence electrons. The molecule has 1 rings (SSSR count). The Bertz CT molecular complexity index is 640. The van der Waals surface area contributed by atoms with Crippen molar-refractivity contribution in [1.82, 2.24) is 0 Å². The summed E-state index contributed by atoms with van der Waals surface area (Å²) in [4.78, 5) is 11.6. The fourth-order valence-corrected chi connectivity index (χ4v) is 4.94. The summed E-state index contributed by atoms with van der Waals surface area (Å²) in [6.07, 6.45) is 46.0. The predicted octanol–water partition coefficient (Wildman–Crippen LogP) is 11.5. The number of esters is 1. The first-order valence-corrected chi connectivity index (χ1v) is 16.1. The van der Waals surface area contributed by atoms with Gasteiger partial charge in [-0.25, -0.2) is 4.79 Å².